The predicted octanol–water partition coefficient (Wildman–Crippen LogP) is 2.36. The van der Waals surface area contributed by atoms with Gasteiger partial charge in [-0.1, -0.05) is 13.8 Å². The van der Waals surface area contributed by atoms with Crippen molar-refractivity contribution in [2.75, 3.05) is 11.5 Å². The molecule has 4 nitrogen and oxygen atoms in total. The Labute approximate surface area is 122 Å². The van der Waals surface area contributed by atoms with Crippen LogP contribution in [0.1, 0.15) is 32.2 Å². The van der Waals surface area contributed by atoms with Crippen LogP contribution in [-0.4, -0.2) is 27.3 Å². The molecule has 0 aliphatic carbocycles. The summed E-state index contributed by atoms with van der Waals surface area (Å²) in [7, 11) is 0. The summed E-state index contributed by atoms with van der Waals surface area (Å²) in [4.78, 5) is 0. The number of halogens is 1. The lowest BCUT2D eigenvalue weighted by Crippen LogP contribution is -2.39. The zero-order valence-corrected chi connectivity index (χ0v) is 13.8. The van der Waals surface area contributed by atoms with Crippen molar-refractivity contribution >= 4 is 27.7 Å². The molecule has 0 spiro atoms. The van der Waals surface area contributed by atoms with Crippen LogP contribution in [0.5, 0.6) is 0 Å². The van der Waals surface area contributed by atoms with Crippen molar-refractivity contribution in [3.63, 3.8) is 0 Å². The summed E-state index contributed by atoms with van der Waals surface area (Å²) < 4.78 is 3.22. The van der Waals surface area contributed by atoms with Gasteiger partial charge in [0.1, 0.15) is 0 Å². The van der Waals surface area contributed by atoms with Gasteiger partial charge in [0.25, 0.3) is 0 Å². The first kappa shape index (κ1) is 16.0. The number of rotatable bonds is 8. The van der Waals surface area contributed by atoms with Gasteiger partial charge in [-0.3, -0.25) is 16.0 Å². The van der Waals surface area contributed by atoms with E-state index in [2.05, 4.69) is 51.9 Å². The quantitative estimate of drug-likeness (QED) is 0.566. The summed E-state index contributed by atoms with van der Waals surface area (Å²) in [5, 5.41) is 4.61. The molecule has 1 atom stereocenters. The standard InChI is InChI=1S/C12H23BrN4S/c1-4-10-12(13)11(17(5-2)16-10)7-9(15-14)8-18-6-3/h9,15H,4-8,14H2,1-3H3. The maximum absolute atomic E-state index is 5.63. The third kappa shape index (κ3) is 3.98. The minimum Gasteiger partial charge on any atom is -0.271 e. The van der Waals surface area contributed by atoms with Crippen molar-refractivity contribution in [3.05, 3.63) is 15.9 Å². The van der Waals surface area contributed by atoms with Crippen LogP contribution in [0.3, 0.4) is 0 Å². The normalized spacial score (nSPS) is 12.9. The van der Waals surface area contributed by atoms with Gasteiger partial charge in [-0.25, -0.2) is 0 Å². The highest BCUT2D eigenvalue weighted by molar-refractivity contribution is 9.10. The van der Waals surface area contributed by atoms with E-state index in [0.29, 0.717) is 0 Å². The number of hydrogen-bond donors (Lipinski definition) is 2. The van der Waals surface area contributed by atoms with Crippen molar-refractivity contribution in [3.8, 4) is 0 Å². The molecule has 0 saturated heterocycles. The van der Waals surface area contributed by atoms with Crippen LogP contribution in [0.25, 0.3) is 0 Å². The lowest BCUT2D eigenvalue weighted by atomic mass is 10.1. The first-order chi connectivity index (χ1) is 8.67. The van der Waals surface area contributed by atoms with E-state index in [1.54, 1.807) is 0 Å². The van der Waals surface area contributed by atoms with Crippen LogP contribution >= 0.6 is 27.7 Å². The van der Waals surface area contributed by atoms with E-state index in [0.717, 1.165) is 41.1 Å². The monoisotopic (exact) mass is 334 g/mol. The topological polar surface area (TPSA) is 55.9 Å². The smallest absolute Gasteiger partial charge is 0.0766 e. The molecule has 1 rings (SSSR count). The van der Waals surface area contributed by atoms with E-state index in [1.165, 1.54) is 5.69 Å². The molecule has 6 heteroatoms. The fraction of sp³-hybridized carbons (Fsp3) is 0.750. The van der Waals surface area contributed by atoms with Gasteiger partial charge in [-0.2, -0.15) is 16.9 Å². The second kappa shape index (κ2) is 8.19. The highest BCUT2D eigenvalue weighted by atomic mass is 79.9. The SMILES string of the molecule is CCSCC(Cc1c(Br)c(CC)nn1CC)NN. The Morgan fingerprint density at radius 2 is 2.17 bits per heavy atom. The molecule has 0 aromatic carbocycles. The summed E-state index contributed by atoms with van der Waals surface area (Å²) in [5.41, 5.74) is 5.28. The van der Waals surface area contributed by atoms with Gasteiger partial charge in [0.15, 0.2) is 0 Å². The molecular formula is C12H23BrN4S. The Morgan fingerprint density at radius 1 is 1.44 bits per heavy atom. The summed E-state index contributed by atoms with van der Waals surface area (Å²) in [5.74, 6) is 7.78. The van der Waals surface area contributed by atoms with Crippen molar-refractivity contribution in [2.45, 2.75) is 46.2 Å². The largest absolute Gasteiger partial charge is 0.271 e. The number of thioether (sulfide) groups is 1. The Hall–Kier alpha value is -0.0400. The number of nitrogens with two attached hydrogens (primary N) is 1. The molecular weight excluding hydrogens is 312 g/mol. The molecule has 1 heterocycles. The van der Waals surface area contributed by atoms with Crippen molar-refractivity contribution in [2.24, 2.45) is 5.84 Å². The van der Waals surface area contributed by atoms with Gasteiger partial charge >= 0.3 is 0 Å². The minimum absolute atomic E-state index is 0.290. The molecule has 1 aromatic rings. The molecule has 0 bridgehead atoms. The average Bonchev–Trinajstić information content (AvgIpc) is 2.70. The van der Waals surface area contributed by atoms with Gasteiger partial charge < -0.3 is 0 Å². The second-order valence-corrected chi connectivity index (χ2v) is 6.22. The van der Waals surface area contributed by atoms with E-state index in [9.17, 15) is 0 Å². The Balaban J connectivity index is 2.83. The molecule has 1 unspecified atom stereocenters. The van der Waals surface area contributed by atoms with Crippen LogP contribution in [0.15, 0.2) is 4.47 Å². The minimum atomic E-state index is 0.290. The van der Waals surface area contributed by atoms with Crippen molar-refractivity contribution < 1.29 is 0 Å². The van der Waals surface area contributed by atoms with Gasteiger partial charge in [0.05, 0.1) is 15.9 Å². The highest BCUT2D eigenvalue weighted by Crippen LogP contribution is 2.24. The summed E-state index contributed by atoms with van der Waals surface area (Å²) in [6.07, 6.45) is 1.86. The van der Waals surface area contributed by atoms with Crippen LogP contribution < -0.4 is 11.3 Å². The number of nitrogens with zero attached hydrogens (tertiary/aromatic N) is 2. The maximum Gasteiger partial charge on any atom is 0.0766 e. The number of aromatic nitrogens is 2. The molecule has 0 saturated carbocycles. The van der Waals surface area contributed by atoms with Crippen LogP contribution in [0.4, 0.5) is 0 Å². The van der Waals surface area contributed by atoms with Gasteiger partial charge in [0, 0.05) is 24.8 Å². The summed E-state index contributed by atoms with van der Waals surface area (Å²) in [6.45, 7) is 7.31. The van der Waals surface area contributed by atoms with Crippen LogP contribution in [0, 0.1) is 0 Å². The fourth-order valence-electron chi connectivity index (χ4n) is 1.87. The molecule has 0 radical (unpaired) electrons. The molecule has 0 aliphatic rings. The fourth-order valence-corrected chi connectivity index (χ4v) is 3.33. The number of hydrogen-bond acceptors (Lipinski definition) is 4. The lowest BCUT2D eigenvalue weighted by molar-refractivity contribution is 0.533. The number of hydrazine groups is 1. The second-order valence-electron chi connectivity index (χ2n) is 4.10. The molecule has 1 aromatic heterocycles. The van der Waals surface area contributed by atoms with Crippen LogP contribution in [0.2, 0.25) is 0 Å². The molecule has 104 valence electrons. The predicted molar refractivity (Wildman–Crippen MR) is 82.8 cm³/mol. The van der Waals surface area contributed by atoms with Gasteiger partial charge in [0.2, 0.25) is 0 Å². The highest BCUT2D eigenvalue weighted by Gasteiger charge is 2.17. The van der Waals surface area contributed by atoms with Crippen molar-refractivity contribution in [1.29, 1.82) is 0 Å². The van der Waals surface area contributed by atoms with E-state index in [4.69, 9.17) is 5.84 Å². The van der Waals surface area contributed by atoms with Gasteiger partial charge in [-0.05, 0) is 35.0 Å². The lowest BCUT2D eigenvalue weighted by Gasteiger charge is -2.16. The Morgan fingerprint density at radius 3 is 2.67 bits per heavy atom. The summed E-state index contributed by atoms with van der Waals surface area (Å²) >= 11 is 5.57. The van der Waals surface area contributed by atoms with Gasteiger partial charge in [-0.15, -0.1) is 0 Å². The first-order valence-corrected chi connectivity index (χ1v) is 8.40. The van der Waals surface area contributed by atoms with E-state index in [-0.39, 0.29) is 6.04 Å². The number of aryl methyl sites for hydroxylation is 2. The van der Waals surface area contributed by atoms with Crippen molar-refractivity contribution in [1.82, 2.24) is 15.2 Å². The maximum atomic E-state index is 5.63. The molecule has 18 heavy (non-hydrogen) atoms. The molecule has 3 N–H and O–H groups in total. The van der Waals surface area contributed by atoms with E-state index < -0.39 is 0 Å². The van der Waals surface area contributed by atoms with E-state index >= 15 is 0 Å². The number of nitrogens with one attached hydrogen (secondary N) is 1. The Bertz CT molecular complexity index is 367. The third-order valence-electron chi connectivity index (χ3n) is 2.89. The molecule has 0 amide bonds. The van der Waals surface area contributed by atoms with Crippen LogP contribution in [-0.2, 0) is 19.4 Å². The molecule has 0 fully saturated rings. The first-order valence-electron chi connectivity index (χ1n) is 6.45. The third-order valence-corrected chi connectivity index (χ3v) is 4.85. The zero-order chi connectivity index (χ0) is 13.5. The van der Waals surface area contributed by atoms with E-state index in [1.807, 2.05) is 11.8 Å². The molecule has 0 aliphatic heterocycles. The Kier molecular flexibility index (Phi) is 7.29. The summed E-state index contributed by atoms with van der Waals surface area (Å²) in [6, 6.07) is 0.290. The average molecular weight is 335 g/mol. The zero-order valence-electron chi connectivity index (χ0n) is 11.4.